The van der Waals surface area contributed by atoms with Gasteiger partial charge in [0.2, 0.25) is 0 Å². The van der Waals surface area contributed by atoms with Gasteiger partial charge in [0.05, 0.1) is 12.5 Å². The molecule has 2 amide bonds. The van der Waals surface area contributed by atoms with E-state index in [1.807, 2.05) is 0 Å². The number of carbonyl (C=O) groups is 2. The summed E-state index contributed by atoms with van der Waals surface area (Å²) in [5, 5.41) is 5.50. The van der Waals surface area contributed by atoms with Gasteiger partial charge in [-0.3, -0.25) is 14.4 Å². The first kappa shape index (κ1) is 17.2. The van der Waals surface area contributed by atoms with Crippen molar-refractivity contribution in [2.75, 3.05) is 19.5 Å². The van der Waals surface area contributed by atoms with E-state index in [1.165, 1.54) is 14.2 Å². The molecule has 0 spiro atoms. The van der Waals surface area contributed by atoms with Gasteiger partial charge in [-0.25, -0.2) is 0 Å². The molecule has 0 bridgehead atoms. The van der Waals surface area contributed by atoms with Gasteiger partial charge < -0.3 is 19.8 Å². The van der Waals surface area contributed by atoms with E-state index in [0.717, 1.165) is 6.07 Å². The molecule has 0 fully saturated rings. The minimum Gasteiger partial charge on any atom is -0.497 e. The van der Waals surface area contributed by atoms with E-state index < -0.39 is 5.91 Å². The molecule has 132 valence electrons. The fraction of sp³-hybridized carbons (Fsp3) is 0.105. The SMILES string of the molecule is CNC(=O)c1ccc(NC(=O)c2cc(=O)c3ccc(OC)cc3o2)cc1. The Balaban J connectivity index is 1.87. The summed E-state index contributed by atoms with van der Waals surface area (Å²) in [5.41, 5.74) is 0.872. The highest BCUT2D eigenvalue weighted by Gasteiger charge is 2.13. The van der Waals surface area contributed by atoms with Crippen LogP contribution < -0.4 is 20.8 Å². The van der Waals surface area contributed by atoms with Crippen LogP contribution in [0, 0.1) is 0 Å². The predicted molar refractivity (Wildman–Crippen MR) is 96.8 cm³/mol. The zero-order valence-corrected chi connectivity index (χ0v) is 14.2. The molecule has 1 heterocycles. The lowest BCUT2D eigenvalue weighted by Crippen LogP contribution is -2.18. The minimum absolute atomic E-state index is 0.119. The lowest BCUT2D eigenvalue weighted by atomic mass is 10.2. The zero-order chi connectivity index (χ0) is 18.7. The van der Waals surface area contributed by atoms with Crippen LogP contribution in [-0.4, -0.2) is 26.0 Å². The highest BCUT2D eigenvalue weighted by atomic mass is 16.5. The van der Waals surface area contributed by atoms with Crippen molar-refractivity contribution in [1.82, 2.24) is 5.32 Å². The van der Waals surface area contributed by atoms with Crippen LogP contribution in [-0.2, 0) is 0 Å². The standard InChI is InChI=1S/C19H16N2O5/c1-20-18(23)11-3-5-12(6-4-11)21-19(24)17-10-15(22)14-8-7-13(25-2)9-16(14)26-17/h3-10H,1-2H3,(H,20,23)(H,21,24). The summed E-state index contributed by atoms with van der Waals surface area (Å²) in [6, 6.07) is 12.3. The third-order valence-electron chi connectivity index (χ3n) is 3.79. The van der Waals surface area contributed by atoms with Crippen molar-refractivity contribution in [3.05, 3.63) is 70.1 Å². The number of amides is 2. The Labute approximate surface area is 148 Å². The summed E-state index contributed by atoms with van der Waals surface area (Å²) in [7, 11) is 3.03. The second-order valence-corrected chi connectivity index (χ2v) is 5.45. The number of methoxy groups -OCH3 is 1. The molecule has 2 N–H and O–H groups in total. The average Bonchev–Trinajstić information content (AvgIpc) is 2.67. The van der Waals surface area contributed by atoms with Crippen molar-refractivity contribution >= 4 is 28.5 Å². The fourth-order valence-electron chi connectivity index (χ4n) is 2.42. The molecule has 7 heteroatoms. The van der Waals surface area contributed by atoms with Crippen molar-refractivity contribution in [1.29, 1.82) is 0 Å². The second kappa shape index (κ2) is 7.10. The van der Waals surface area contributed by atoms with Crippen molar-refractivity contribution < 1.29 is 18.7 Å². The van der Waals surface area contributed by atoms with Crippen molar-refractivity contribution in [2.45, 2.75) is 0 Å². The molecule has 0 saturated carbocycles. The summed E-state index contributed by atoms with van der Waals surface area (Å²) in [4.78, 5) is 36.1. The molecular weight excluding hydrogens is 336 g/mol. The Hall–Kier alpha value is -3.61. The fourth-order valence-corrected chi connectivity index (χ4v) is 2.42. The third kappa shape index (κ3) is 3.41. The van der Waals surface area contributed by atoms with Gasteiger partial charge in [-0.1, -0.05) is 0 Å². The highest BCUT2D eigenvalue weighted by Crippen LogP contribution is 2.20. The lowest BCUT2D eigenvalue weighted by molar-refractivity contribution is 0.0962. The number of ether oxygens (including phenoxy) is 1. The molecule has 2 aromatic carbocycles. The molecule has 1 aromatic heterocycles. The highest BCUT2D eigenvalue weighted by molar-refractivity contribution is 6.03. The third-order valence-corrected chi connectivity index (χ3v) is 3.79. The zero-order valence-electron chi connectivity index (χ0n) is 14.2. The topological polar surface area (TPSA) is 97.6 Å². The summed E-state index contributed by atoms with van der Waals surface area (Å²) >= 11 is 0. The van der Waals surface area contributed by atoms with E-state index >= 15 is 0 Å². The van der Waals surface area contributed by atoms with Crippen molar-refractivity contribution in [3.63, 3.8) is 0 Å². The maximum absolute atomic E-state index is 12.4. The number of rotatable bonds is 4. The van der Waals surface area contributed by atoms with E-state index in [1.54, 1.807) is 42.5 Å². The molecule has 26 heavy (non-hydrogen) atoms. The molecule has 3 rings (SSSR count). The second-order valence-electron chi connectivity index (χ2n) is 5.45. The number of carbonyl (C=O) groups excluding carboxylic acids is 2. The van der Waals surface area contributed by atoms with Crippen LogP contribution in [0.3, 0.4) is 0 Å². The summed E-state index contributed by atoms with van der Waals surface area (Å²) in [6.07, 6.45) is 0. The Bertz CT molecular complexity index is 1040. The molecule has 0 unspecified atom stereocenters. The molecule has 0 aliphatic rings. The molecule has 0 radical (unpaired) electrons. The van der Waals surface area contributed by atoms with Crippen LogP contribution in [0.2, 0.25) is 0 Å². The molecule has 0 atom stereocenters. The Morgan fingerprint density at radius 1 is 1.00 bits per heavy atom. The number of hydrogen-bond donors (Lipinski definition) is 2. The Morgan fingerprint density at radius 3 is 2.38 bits per heavy atom. The number of hydrogen-bond acceptors (Lipinski definition) is 5. The first-order valence-corrected chi connectivity index (χ1v) is 7.77. The van der Waals surface area contributed by atoms with E-state index in [0.29, 0.717) is 22.4 Å². The van der Waals surface area contributed by atoms with E-state index in [2.05, 4.69) is 10.6 Å². The van der Waals surface area contributed by atoms with Crippen LogP contribution in [0.15, 0.2) is 57.7 Å². The normalized spacial score (nSPS) is 10.4. The van der Waals surface area contributed by atoms with Gasteiger partial charge in [0.25, 0.3) is 11.8 Å². The summed E-state index contributed by atoms with van der Waals surface area (Å²) in [6.45, 7) is 0. The van der Waals surface area contributed by atoms with Gasteiger partial charge in [-0.15, -0.1) is 0 Å². The monoisotopic (exact) mass is 352 g/mol. The Morgan fingerprint density at radius 2 is 1.73 bits per heavy atom. The molecular formula is C19H16N2O5. The smallest absolute Gasteiger partial charge is 0.291 e. The van der Waals surface area contributed by atoms with Gasteiger partial charge in [-0.05, 0) is 36.4 Å². The van der Waals surface area contributed by atoms with Crippen LogP contribution in [0.4, 0.5) is 5.69 Å². The van der Waals surface area contributed by atoms with E-state index in [9.17, 15) is 14.4 Å². The largest absolute Gasteiger partial charge is 0.497 e. The van der Waals surface area contributed by atoms with Gasteiger partial charge >= 0.3 is 0 Å². The van der Waals surface area contributed by atoms with Gasteiger partial charge in [-0.2, -0.15) is 0 Å². The quantitative estimate of drug-likeness (QED) is 0.751. The summed E-state index contributed by atoms with van der Waals surface area (Å²) in [5.74, 6) is -0.397. The van der Waals surface area contributed by atoms with Crippen molar-refractivity contribution in [2.24, 2.45) is 0 Å². The predicted octanol–water partition coefficient (Wildman–Crippen LogP) is 2.41. The molecule has 7 nitrogen and oxygen atoms in total. The number of nitrogens with one attached hydrogen (secondary N) is 2. The molecule has 0 aliphatic carbocycles. The lowest BCUT2D eigenvalue weighted by Gasteiger charge is -2.07. The van der Waals surface area contributed by atoms with Crippen LogP contribution in [0.25, 0.3) is 11.0 Å². The van der Waals surface area contributed by atoms with Gasteiger partial charge in [0.15, 0.2) is 11.2 Å². The number of anilines is 1. The van der Waals surface area contributed by atoms with Crippen LogP contribution in [0.1, 0.15) is 20.9 Å². The maximum atomic E-state index is 12.4. The first-order valence-electron chi connectivity index (χ1n) is 7.77. The molecule has 0 aliphatic heterocycles. The van der Waals surface area contributed by atoms with Gasteiger partial charge in [0, 0.05) is 30.4 Å². The molecule has 0 saturated heterocycles. The van der Waals surface area contributed by atoms with E-state index in [-0.39, 0.29) is 22.7 Å². The van der Waals surface area contributed by atoms with Crippen LogP contribution in [0.5, 0.6) is 5.75 Å². The molecule has 3 aromatic rings. The summed E-state index contributed by atoms with van der Waals surface area (Å²) < 4.78 is 10.6. The van der Waals surface area contributed by atoms with Crippen LogP contribution >= 0.6 is 0 Å². The number of fused-ring (bicyclic) bond motifs is 1. The average molecular weight is 352 g/mol. The van der Waals surface area contributed by atoms with Crippen molar-refractivity contribution in [3.8, 4) is 5.75 Å². The van der Waals surface area contributed by atoms with E-state index in [4.69, 9.17) is 9.15 Å². The Kier molecular flexibility index (Phi) is 4.70. The number of benzene rings is 2. The first-order chi connectivity index (χ1) is 12.5. The maximum Gasteiger partial charge on any atom is 0.291 e. The minimum atomic E-state index is -0.570. The van der Waals surface area contributed by atoms with Gasteiger partial charge in [0.1, 0.15) is 11.3 Å².